The topological polar surface area (TPSA) is 79.5 Å². The second kappa shape index (κ2) is 9.90. The van der Waals surface area contributed by atoms with Gasteiger partial charge < -0.3 is 20.7 Å². The third-order valence-corrected chi connectivity index (χ3v) is 4.80. The first-order valence-electron chi connectivity index (χ1n) is 9.71. The number of anilines is 2. The molecule has 1 heterocycles. The van der Waals surface area contributed by atoms with Crippen LogP contribution in [-0.2, 0) is 9.53 Å². The number of hydrogen-bond acceptors (Lipinski definition) is 3. The summed E-state index contributed by atoms with van der Waals surface area (Å²) in [6, 6.07) is 16.8. The summed E-state index contributed by atoms with van der Waals surface area (Å²) in [5, 5.41) is 8.50. The van der Waals surface area contributed by atoms with Gasteiger partial charge in [-0.15, -0.1) is 0 Å². The largest absolute Gasteiger partial charge is 0.376 e. The summed E-state index contributed by atoms with van der Waals surface area (Å²) in [4.78, 5) is 24.2. The number of urea groups is 1. The van der Waals surface area contributed by atoms with Crippen LogP contribution in [0.15, 0.2) is 54.6 Å². The lowest BCUT2D eigenvalue weighted by Crippen LogP contribution is -2.35. The minimum Gasteiger partial charge on any atom is -0.376 e. The third-order valence-electron chi connectivity index (χ3n) is 4.80. The van der Waals surface area contributed by atoms with E-state index in [1.54, 1.807) is 24.3 Å². The minimum absolute atomic E-state index is 0.0358. The highest BCUT2D eigenvalue weighted by Crippen LogP contribution is 2.20. The molecular weight excluding hydrogens is 354 g/mol. The first-order chi connectivity index (χ1) is 13.6. The van der Waals surface area contributed by atoms with Crippen LogP contribution in [0.5, 0.6) is 0 Å². The molecule has 2 aromatic carbocycles. The zero-order chi connectivity index (χ0) is 19.8. The lowest BCUT2D eigenvalue weighted by atomic mass is 9.97. The van der Waals surface area contributed by atoms with Crippen LogP contribution in [0.1, 0.15) is 37.7 Å². The van der Waals surface area contributed by atoms with Gasteiger partial charge in [-0.25, -0.2) is 4.79 Å². The van der Waals surface area contributed by atoms with E-state index in [0.29, 0.717) is 24.3 Å². The van der Waals surface area contributed by atoms with Crippen LogP contribution in [0.2, 0.25) is 0 Å². The molecule has 1 fully saturated rings. The molecular formula is C22H27N3O3. The summed E-state index contributed by atoms with van der Waals surface area (Å²) in [5.74, 6) is 0.112. The van der Waals surface area contributed by atoms with Crippen molar-refractivity contribution in [1.29, 1.82) is 0 Å². The Morgan fingerprint density at radius 3 is 2.36 bits per heavy atom. The van der Waals surface area contributed by atoms with Gasteiger partial charge in [0.15, 0.2) is 0 Å². The van der Waals surface area contributed by atoms with Gasteiger partial charge in [-0.1, -0.05) is 37.3 Å². The number of amides is 3. The van der Waals surface area contributed by atoms with Gasteiger partial charge in [0.2, 0.25) is 5.91 Å². The highest BCUT2D eigenvalue weighted by atomic mass is 16.5. The molecule has 1 aliphatic heterocycles. The molecule has 0 aliphatic carbocycles. The normalized spacial score (nSPS) is 17.0. The Balaban J connectivity index is 1.43. The van der Waals surface area contributed by atoms with Crippen molar-refractivity contribution in [3.05, 3.63) is 60.2 Å². The maximum atomic E-state index is 12.3. The van der Waals surface area contributed by atoms with E-state index >= 15 is 0 Å². The molecule has 6 heteroatoms. The van der Waals surface area contributed by atoms with Crippen molar-refractivity contribution < 1.29 is 14.3 Å². The smallest absolute Gasteiger partial charge is 0.319 e. The number of benzene rings is 2. The Morgan fingerprint density at radius 2 is 1.71 bits per heavy atom. The molecule has 3 rings (SSSR count). The lowest BCUT2D eigenvalue weighted by Gasteiger charge is -2.13. The second-order valence-electron chi connectivity index (χ2n) is 7.11. The summed E-state index contributed by atoms with van der Waals surface area (Å²) in [5.41, 5.74) is 2.52. The molecule has 148 valence electrons. The van der Waals surface area contributed by atoms with E-state index < -0.39 is 0 Å². The van der Waals surface area contributed by atoms with Crippen LogP contribution in [0, 0.1) is 0 Å². The van der Waals surface area contributed by atoms with Crippen molar-refractivity contribution in [3.63, 3.8) is 0 Å². The summed E-state index contributed by atoms with van der Waals surface area (Å²) in [6.45, 7) is 3.32. The van der Waals surface area contributed by atoms with E-state index in [4.69, 9.17) is 4.74 Å². The molecule has 2 aromatic rings. The van der Waals surface area contributed by atoms with E-state index in [9.17, 15) is 9.59 Å². The summed E-state index contributed by atoms with van der Waals surface area (Å²) < 4.78 is 5.48. The molecule has 0 saturated carbocycles. The first-order valence-corrected chi connectivity index (χ1v) is 9.71. The second-order valence-corrected chi connectivity index (χ2v) is 7.11. The number of rotatable bonds is 7. The molecule has 3 amide bonds. The zero-order valence-electron chi connectivity index (χ0n) is 16.1. The van der Waals surface area contributed by atoms with Crippen molar-refractivity contribution in [2.45, 2.75) is 38.2 Å². The number of carbonyl (C=O) groups is 2. The van der Waals surface area contributed by atoms with Gasteiger partial charge in [0.25, 0.3) is 0 Å². The van der Waals surface area contributed by atoms with Gasteiger partial charge in [0, 0.05) is 30.9 Å². The van der Waals surface area contributed by atoms with Gasteiger partial charge in [-0.05, 0) is 48.6 Å². The molecule has 28 heavy (non-hydrogen) atoms. The van der Waals surface area contributed by atoms with Gasteiger partial charge in [-0.2, -0.15) is 0 Å². The molecule has 0 bridgehead atoms. The van der Waals surface area contributed by atoms with Gasteiger partial charge in [0.05, 0.1) is 6.10 Å². The predicted molar refractivity (Wildman–Crippen MR) is 111 cm³/mol. The molecule has 2 atom stereocenters. The van der Waals surface area contributed by atoms with Crippen LogP contribution in [0.4, 0.5) is 16.2 Å². The summed E-state index contributed by atoms with van der Waals surface area (Å²) in [6.07, 6.45) is 2.56. The number of hydrogen-bond donors (Lipinski definition) is 3. The number of ether oxygens (including phenoxy) is 1. The van der Waals surface area contributed by atoms with Crippen LogP contribution >= 0.6 is 0 Å². The van der Waals surface area contributed by atoms with Crippen molar-refractivity contribution in [1.82, 2.24) is 5.32 Å². The van der Waals surface area contributed by atoms with E-state index in [1.165, 1.54) is 0 Å². The molecule has 2 unspecified atom stereocenters. The fourth-order valence-corrected chi connectivity index (χ4v) is 3.21. The van der Waals surface area contributed by atoms with Crippen LogP contribution < -0.4 is 16.0 Å². The SMILES string of the molecule is CC(CC(=O)Nc1ccc(NC(=O)NCC2CCCO2)cc1)c1ccccc1. The van der Waals surface area contributed by atoms with Crippen LogP contribution in [0.3, 0.4) is 0 Å². The number of nitrogens with one attached hydrogen (secondary N) is 3. The fourth-order valence-electron chi connectivity index (χ4n) is 3.21. The zero-order valence-corrected chi connectivity index (χ0v) is 16.1. The van der Waals surface area contributed by atoms with Crippen molar-refractivity contribution >= 4 is 23.3 Å². The minimum atomic E-state index is -0.260. The van der Waals surface area contributed by atoms with Gasteiger partial charge in [-0.3, -0.25) is 4.79 Å². The Labute approximate surface area is 165 Å². The molecule has 0 aromatic heterocycles. The average Bonchev–Trinajstić information content (AvgIpc) is 3.22. The Bertz CT molecular complexity index is 771. The highest BCUT2D eigenvalue weighted by Gasteiger charge is 2.16. The molecule has 0 spiro atoms. The molecule has 3 N–H and O–H groups in total. The van der Waals surface area contributed by atoms with Crippen LogP contribution in [0.25, 0.3) is 0 Å². The van der Waals surface area contributed by atoms with Crippen molar-refractivity contribution in [2.24, 2.45) is 0 Å². The quantitative estimate of drug-likeness (QED) is 0.675. The Kier molecular flexibility index (Phi) is 7.03. The molecule has 1 aliphatic rings. The molecule has 0 radical (unpaired) electrons. The molecule has 1 saturated heterocycles. The van der Waals surface area contributed by atoms with E-state index in [2.05, 4.69) is 16.0 Å². The Hall–Kier alpha value is -2.86. The van der Waals surface area contributed by atoms with Gasteiger partial charge >= 0.3 is 6.03 Å². The van der Waals surface area contributed by atoms with E-state index in [0.717, 1.165) is 25.0 Å². The summed E-state index contributed by atoms with van der Waals surface area (Å²) >= 11 is 0. The van der Waals surface area contributed by atoms with Crippen LogP contribution in [-0.4, -0.2) is 31.2 Å². The van der Waals surface area contributed by atoms with E-state index in [-0.39, 0.29) is 24.0 Å². The van der Waals surface area contributed by atoms with Crippen molar-refractivity contribution in [2.75, 3.05) is 23.8 Å². The highest BCUT2D eigenvalue weighted by molar-refractivity contribution is 5.92. The maximum absolute atomic E-state index is 12.3. The third kappa shape index (κ3) is 6.09. The van der Waals surface area contributed by atoms with E-state index in [1.807, 2.05) is 37.3 Å². The lowest BCUT2D eigenvalue weighted by molar-refractivity contribution is -0.116. The Morgan fingerprint density at radius 1 is 1.04 bits per heavy atom. The molecule has 6 nitrogen and oxygen atoms in total. The average molecular weight is 381 g/mol. The summed E-state index contributed by atoms with van der Waals surface area (Å²) in [7, 11) is 0. The predicted octanol–water partition coefficient (Wildman–Crippen LogP) is 4.12. The number of carbonyl (C=O) groups excluding carboxylic acids is 2. The standard InChI is InChI=1S/C22H27N3O3/c1-16(17-6-3-2-4-7-17)14-21(26)24-18-9-11-19(12-10-18)25-22(27)23-15-20-8-5-13-28-20/h2-4,6-7,9-12,16,20H,5,8,13-15H2,1H3,(H,24,26)(H2,23,25,27). The maximum Gasteiger partial charge on any atom is 0.319 e. The van der Waals surface area contributed by atoms with Gasteiger partial charge in [0.1, 0.15) is 0 Å². The monoisotopic (exact) mass is 381 g/mol. The van der Waals surface area contributed by atoms with Crippen molar-refractivity contribution in [3.8, 4) is 0 Å². The fraction of sp³-hybridized carbons (Fsp3) is 0.364. The first kappa shape index (κ1) is 19.9.